The van der Waals surface area contributed by atoms with E-state index in [1.54, 1.807) is 0 Å². The van der Waals surface area contributed by atoms with Crippen molar-refractivity contribution in [3.05, 3.63) is 71.1 Å². The SMILES string of the molecule is Cc1ccc(OCc2nnc(SCc3ccccc3)o2)cc1C. The summed E-state index contributed by atoms with van der Waals surface area (Å²) in [6.45, 7) is 4.42. The average molecular weight is 326 g/mol. The molecule has 0 atom stereocenters. The Labute approximate surface area is 139 Å². The molecule has 0 spiro atoms. The number of thioether (sulfide) groups is 1. The van der Waals surface area contributed by atoms with E-state index in [2.05, 4.69) is 36.2 Å². The van der Waals surface area contributed by atoms with Crippen LogP contribution in [0.5, 0.6) is 5.75 Å². The van der Waals surface area contributed by atoms with Gasteiger partial charge in [0.25, 0.3) is 11.1 Å². The topological polar surface area (TPSA) is 48.2 Å². The first-order valence-electron chi connectivity index (χ1n) is 7.40. The van der Waals surface area contributed by atoms with Gasteiger partial charge in [-0.2, -0.15) is 0 Å². The Morgan fingerprint density at radius 3 is 2.61 bits per heavy atom. The van der Waals surface area contributed by atoms with Crippen molar-refractivity contribution in [2.75, 3.05) is 0 Å². The van der Waals surface area contributed by atoms with E-state index in [1.807, 2.05) is 36.4 Å². The van der Waals surface area contributed by atoms with Crippen LogP contribution in [0.3, 0.4) is 0 Å². The number of aryl methyl sites for hydroxylation is 2. The van der Waals surface area contributed by atoms with Crippen LogP contribution in [-0.2, 0) is 12.4 Å². The van der Waals surface area contributed by atoms with Gasteiger partial charge in [-0.1, -0.05) is 48.2 Å². The minimum Gasteiger partial charge on any atom is -0.484 e. The van der Waals surface area contributed by atoms with E-state index in [-0.39, 0.29) is 6.61 Å². The number of aromatic nitrogens is 2. The molecule has 118 valence electrons. The maximum Gasteiger partial charge on any atom is 0.277 e. The molecule has 0 aliphatic heterocycles. The zero-order chi connectivity index (χ0) is 16.1. The quantitative estimate of drug-likeness (QED) is 0.622. The summed E-state index contributed by atoms with van der Waals surface area (Å²) in [5.74, 6) is 2.10. The van der Waals surface area contributed by atoms with Crippen molar-refractivity contribution in [2.24, 2.45) is 0 Å². The molecule has 3 aromatic rings. The van der Waals surface area contributed by atoms with Gasteiger partial charge in [0.05, 0.1) is 0 Å². The van der Waals surface area contributed by atoms with Crippen LogP contribution in [0.1, 0.15) is 22.6 Å². The lowest BCUT2D eigenvalue weighted by atomic mass is 10.1. The summed E-state index contributed by atoms with van der Waals surface area (Å²) in [7, 11) is 0. The highest BCUT2D eigenvalue weighted by molar-refractivity contribution is 7.98. The van der Waals surface area contributed by atoms with Gasteiger partial charge in [-0.25, -0.2) is 0 Å². The number of benzene rings is 2. The van der Waals surface area contributed by atoms with Gasteiger partial charge in [-0.15, -0.1) is 10.2 Å². The predicted octanol–water partition coefficient (Wildman–Crippen LogP) is 4.56. The molecule has 23 heavy (non-hydrogen) atoms. The van der Waals surface area contributed by atoms with Gasteiger partial charge in [0.2, 0.25) is 0 Å². The van der Waals surface area contributed by atoms with Crippen LogP contribution in [0.15, 0.2) is 58.2 Å². The Morgan fingerprint density at radius 2 is 1.83 bits per heavy atom. The summed E-state index contributed by atoms with van der Waals surface area (Å²) in [6, 6.07) is 16.2. The number of hydrogen-bond acceptors (Lipinski definition) is 5. The Hall–Kier alpha value is -2.27. The van der Waals surface area contributed by atoms with Crippen molar-refractivity contribution < 1.29 is 9.15 Å². The lowest BCUT2D eigenvalue weighted by Gasteiger charge is -2.05. The molecule has 4 nitrogen and oxygen atoms in total. The first-order valence-corrected chi connectivity index (χ1v) is 8.38. The van der Waals surface area contributed by atoms with Crippen LogP contribution in [0, 0.1) is 13.8 Å². The molecule has 0 unspecified atom stereocenters. The Kier molecular flexibility index (Phi) is 4.98. The van der Waals surface area contributed by atoms with Crippen molar-refractivity contribution in [1.29, 1.82) is 0 Å². The summed E-state index contributed by atoms with van der Waals surface area (Å²) < 4.78 is 11.3. The molecule has 0 radical (unpaired) electrons. The van der Waals surface area contributed by atoms with E-state index in [1.165, 1.54) is 28.5 Å². The Morgan fingerprint density at radius 1 is 1.00 bits per heavy atom. The van der Waals surface area contributed by atoms with Gasteiger partial charge in [0, 0.05) is 5.75 Å². The van der Waals surface area contributed by atoms with Gasteiger partial charge in [-0.05, 0) is 42.7 Å². The molecule has 0 saturated heterocycles. The number of nitrogens with zero attached hydrogens (tertiary/aromatic N) is 2. The van der Waals surface area contributed by atoms with Crippen molar-refractivity contribution in [3.8, 4) is 5.75 Å². The normalized spacial score (nSPS) is 10.7. The molecule has 0 saturated carbocycles. The second-order valence-electron chi connectivity index (χ2n) is 5.27. The summed E-state index contributed by atoms with van der Waals surface area (Å²) in [6.07, 6.45) is 0. The largest absolute Gasteiger partial charge is 0.484 e. The number of hydrogen-bond donors (Lipinski definition) is 0. The van der Waals surface area contributed by atoms with Crippen LogP contribution in [0.4, 0.5) is 0 Å². The Balaban J connectivity index is 1.53. The monoisotopic (exact) mass is 326 g/mol. The lowest BCUT2D eigenvalue weighted by molar-refractivity contribution is 0.252. The summed E-state index contributed by atoms with van der Waals surface area (Å²) in [5.41, 5.74) is 3.67. The first kappa shape index (κ1) is 15.6. The highest BCUT2D eigenvalue weighted by Crippen LogP contribution is 2.22. The van der Waals surface area contributed by atoms with Crippen LogP contribution in [-0.4, -0.2) is 10.2 Å². The fourth-order valence-electron chi connectivity index (χ4n) is 2.02. The van der Waals surface area contributed by atoms with Gasteiger partial charge in [-0.3, -0.25) is 0 Å². The summed E-state index contributed by atoms with van der Waals surface area (Å²) in [4.78, 5) is 0. The minimum absolute atomic E-state index is 0.279. The van der Waals surface area contributed by atoms with E-state index >= 15 is 0 Å². The summed E-state index contributed by atoms with van der Waals surface area (Å²) in [5, 5.41) is 8.63. The molecule has 3 rings (SSSR count). The average Bonchev–Trinajstić information content (AvgIpc) is 3.03. The molecule has 0 fully saturated rings. The third kappa shape index (κ3) is 4.36. The first-order chi connectivity index (χ1) is 11.2. The Bertz CT molecular complexity index is 772. The zero-order valence-corrected chi connectivity index (χ0v) is 14.0. The molecule has 0 bridgehead atoms. The van der Waals surface area contributed by atoms with Crippen molar-refractivity contribution in [2.45, 2.75) is 31.4 Å². The number of ether oxygens (including phenoxy) is 1. The number of rotatable bonds is 6. The second kappa shape index (κ2) is 7.33. The van der Waals surface area contributed by atoms with Crippen LogP contribution in [0.25, 0.3) is 0 Å². The zero-order valence-electron chi connectivity index (χ0n) is 13.2. The smallest absolute Gasteiger partial charge is 0.277 e. The van der Waals surface area contributed by atoms with E-state index in [9.17, 15) is 0 Å². The van der Waals surface area contributed by atoms with Crippen molar-refractivity contribution in [1.82, 2.24) is 10.2 Å². The van der Waals surface area contributed by atoms with Crippen molar-refractivity contribution >= 4 is 11.8 Å². The third-order valence-corrected chi connectivity index (χ3v) is 4.38. The minimum atomic E-state index is 0.279. The van der Waals surface area contributed by atoms with Crippen LogP contribution >= 0.6 is 11.8 Å². The van der Waals surface area contributed by atoms with Crippen LogP contribution < -0.4 is 4.74 Å². The molecule has 0 aliphatic rings. The molecule has 1 heterocycles. The summed E-state index contributed by atoms with van der Waals surface area (Å²) >= 11 is 1.52. The van der Waals surface area contributed by atoms with E-state index < -0.39 is 0 Å². The maximum absolute atomic E-state index is 5.70. The van der Waals surface area contributed by atoms with Gasteiger partial charge < -0.3 is 9.15 Å². The van der Waals surface area contributed by atoms with Gasteiger partial charge >= 0.3 is 0 Å². The fourth-order valence-corrected chi connectivity index (χ4v) is 2.76. The maximum atomic E-state index is 5.70. The van der Waals surface area contributed by atoms with Gasteiger partial charge in [0.1, 0.15) is 5.75 Å². The molecule has 1 aromatic heterocycles. The highest BCUT2D eigenvalue weighted by Gasteiger charge is 2.08. The molecule has 2 aromatic carbocycles. The standard InChI is InChI=1S/C18H18N2O2S/c1-13-8-9-16(10-14(13)2)21-11-17-19-20-18(22-17)23-12-15-6-4-3-5-7-15/h3-10H,11-12H2,1-2H3. The van der Waals surface area contributed by atoms with E-state index in [0.717, 1.165) is 11.5 Å². The van der Waals surface area contributed by atoms with E-state index in [4.69, 9.17) is 9.15 Å². The fraction of sp³-hybridized carbons (Fsp3) is 0.222. The lowest BCUT2D eigenvalue weighted by Crippen LogP contribution is -1.96. The molecular formula is C18H18N2O2S. The predicted molar refractivity (Wildman–Crippen MR) is 90.5 cm³/mol. The molecule has 5 heteroatoms. The molecule has 0 N–H and O–H groups in total. The van der Waals surface area contributed by atoms with Gasteiger partial charge in [0.15, 0.2) is 6.61 Å². The van der Waals surface area contributed by atoms with E-state index in [0.29, 0.717) is 11.1 Å². The van der Waals surface area contributed by atoms with Crippen molar-refractivity contribution in [3.63, 3.8) is 0 Å². The molecular weight excluding hydrogens is 308 g/mol. The van der Waals surface area contributed by atoms with Crippen LogP contribution in [0.2, 0.25) is 0 Å². The third-order valence-electron chi connectivity index (χ3n) is 3.49. The molecule has 0 amide bonds. The highest BCUT2D eigenvalue weighted by atomic mass is 32.2. The second-order valence-corrected chi connectivity index (χ2v) is 6.20. The molecule has 0 aliphatic carbocycles.